The fraction of sp³-hybridized carbons (Fsp3) is 0.280. The van der Waals surface area contributed by atoms with Crippen LogP contribution in [0.5, 0.6) is 0 Å². The molecule has 9 heteroatoms. The number of alkyl halides is 3. The molecular weight excluding hydrogens is 443 g/mol. The number of morpholine rings is 1. The van der Waals surface area contributed by atoms with E-state index in [0.717, 1.165) is 11.3 Å². The third-order valence-corrected chi connectivity index (χ3v) is 6.54. The average Bonchev–Trinajstić information content (AvgIpc) is 3.29. The highest BCUT2D eigenvalue weighted by molar-refractivity contribution is 5.68. The average molecular weight is 465 g/mol. The van der Waals surface area contributed by atoms with Crippen LogP contribution >= 0.6 is 0 Å². The molecular formula is C25H22F3N5O. The Morgan fingerprint density at radius 2 is 1.71 bits per heavy atom. The van der Waals surface area contributed by atoms with Crippen LogP contribution in [0, 0.1) is 11.3 Å². The first-order chi connectivity index (χ1) is 16.3. The van der Waals surface area contributed by atoms with Crippen molar-refractivity contribution in [2.75, 3.05) is 31.2 Å². The quantitative estimate of drug-likeness (QED) is 0.630. The molecule has 2 aliphatic heterocycles. The number of hydrogen-bond acceptors (Lipinski definition) is 5. The highest BCUT2D eigenvalue weighted by Crippen LogP contribution is 2.52. The van der Waals surface area contributed by atoms with E-state index in [9.17, 15) is 18.4 Å². The SMILES string of the molecule is N#CC1=C(N)n2nc(-c3ccccc3)cc2CC1(c1ccc(N2CCOCC2)cc1)C(F)(F)F. The molecule has 3 heterocycles. The van der Waals surface area contributed by atoms with Crippen LogP contribution in [0.4, 0.5) is 18.9 Å². The molecule has 0 aliphatic carbocycles. The summed E-state index contributed by atoms with van der Waals surface area (Å²) in [5, 5.41) is 14.3. The molecule has 5 rings (SSSR count). The Hall–Kier alpha value is -3.77. The first-order valence-corrected chi connectivity index (χ1v) is 10.9. The van der Waals surface area contributed by atoms with Gasteiger partial charge in [-0.25, -0.2) is 4.68 Å². The molecule has 0 bridgehead atoms. The van der Waals surface area contributed by atoms with Crippen LogP contribution < -0.4 is 10.6 Å². The molecule has 1 atom stereocenters. The van der Waals surface area contributed by atoms with Crippen LogP contribution in [-0.4, -0.2) is 42.3 Å². The molecule has 0 radical (unpaired) electrons. The zero-order valence-electron chi connectivity index (χ0n) is 18.2. The number of anilines is 1. The zero-order chi connectivity index (χ0) is 23.9. The number of ether oxygens (including phenoxy) is 1. The van der Waals surface area contributed by atoms with Crippen LogP contribution in [0.3, 0.4) is 0 Å². The Balaban J connectivity index is 1.62. The molecule has 34 heavy (non-hydrogen) atoms. The Morgan fingerprint density at radius 1 is 1.03 bits per heavy atom. The van der Waals surface area contributed by atoms with E-state index in [1.54, 1.807) is 24.3 Å². The summed E-state index contributed by atoms with van der Waals surface area (Å²) in [5.74, 6) is -0.305. The summed E-state index contributed by atoms with van der Waals surface area (Å²) < 4.78 is 51.2. The van der Waals surface area contributed by atoms with Gasteiger partial charge < -0.3 is 15.4 Å². The van der Waals surface area contributed by atoms with E-state index in [2.05, 4.69) is 10.00 Å². The molecule has 0 saturated carbocycles. The van der Waals surface area contributed by atoms with E-state index in [1.807, 2.05) is 30.3 Å². The molecule has 2 N–H and O–H groups in total. The monoisotopic (exact) mass is 465 g/mol. The van der Waals surface area contributed by atoms with Crippen molar-refractivity contribution in [1.82, 2.24) is 9.78 Å². The highest BCUT2D eigenvalue weighted by atomic mass is 19.4. The first-order valence-electron chi connectivity index (χ1n) is 10.9. The van der Waals surface area contributed by atoms with Gasteiger partial charge in [0.05, 0.1) is 30.6 Å². The van der Waals surface area contributed by atoms with E-state index in [0.29, 0.717) is 37.7 Å². The number of nitriles is 1. The van der Waals surface area contributed by atoms with Gasteiger partial charge in [0, 0.05) is 36.5 Å². The van der Waals surface area contributed by atoms with Crippen LogP contribution in [0.15, 0.2) is 66.2 Å². The third-order valence-electron chi connectivity index (χ3n) is 6.54. The fourth-order valence-electron chi connectivity index (χ4n) is 4.77. The van der Waals surface area contributed by atoms with E-state index in [1.165, 1.54) is 16.8 Å². The van der Waals surface area contributed by atoms with Crippen molar-refractivity contribution < 1.29 is 17.9 Å². The number of allylic oxidation sites excluding steroid dienone is 1. The van der Waals surface area contributed by atoms with Gasteiger partial charge >= 0.3 is 6.18 Å². The van der Waals surface area contributed by atoms with Gasteiger partial charge in [-0.15, -0.1) is 0 Å². The van der Waals surface area contributed by atoms with Crippen LogP contribution in [0.1, 0.15) is 11.3 Å². The van der Waals surface area contributed by atoms with Gasteiger partial charge in [-0.3, -0.25) is 0 Å². The van der Waals surface area contributed by atoms with Crippen LogP contribution in [-0.2, 0) is 16.6 Å². The fourth-order valence-corrected chi connectivity index (χ4v) is 4.77. The number of hydrogen-bond donors (Lipinski definition) is 1. The second kappa shape index (κ2) is 8.22. The number of aromatic nitrogens is 2. The Labute approximate surface area is 194 Å². The van der Waals surface area contributed by atoms with Crippen LogP contribution in [0.2, 0.25) is 0 Å². The molecule has 0 spiro atoms. The lowest BCUT2D eigenvalue weighted by Gasteiger charge is -2.39. The molecule has 6 nitrogen and oxygen atoms in total. The molecule has 2 aliphatic rings. The topological polar surface area (TPSA) is 80.1 Å². The maximum Gasteiger partial charge on any atom is 0.403 e. The maximum absolute atomic E-state index is 14.9. The number of nitrogens with two attached hydrogens (primary N) is 1. The second-order valence-electron chi connectivity index (χ2n) is 8.40. The highest BCUT2D eigenvalue weighted by Gasteiger charge is 2.61. The number of benzene rings is 2. The van der Waals surface area contributed by atoms with Crippen molar-refractivity contribution in [3.05, 3.63) is 77.5 Å². The normalized spacial score (nSPS) is 20.7. The Kier molecular flexibility index (Phi) is 5.33. The second-order valence-corrected chi connectivity index (χ2v) is 8.40. The van der Waals surface area contributed by atoms with Gasteiger partial charge in [0.15, 0.2) is 0 Å². The lowest BCUT2D eigenvalue weighted by molar-refractivity contribution is -0.179. The molecule has 1 unspecified atom stereocenters. The van der Waals surface area contributed by atoms with Gasteiger partial charge in [-0.05, 0) is 23.8 Å². The lowest BCUT2D eigenvalue weighted by atomic mass is 9.69. The summed E-state index contributed by atoms with van der Waals surface area (Å²) in [6, 6.07) is 18.7. The molecule has 1 saturated heterocycles. The Bertz CT molecular complexity index is 1270. The number of rotatable bonds is 3. The molecule has 2 aromatic carbocycles. The lowest BCUT2D eigenvalue weighted by Crippen LogP contribution is -2.49. The van der Waals surface area contributed by atoms with Crippen LogP contribution in [0.25, 0.3) is 17.1 Å². The Morgan fingerprint density at radius 3 is 2.32 bits per heavy atom. The third kappa shape index (κ3) is 3.42. The molecule has 0 amide bonds. The van der Waals surface area contributed by atoms with Crippen molar-refractivity contribution in [2.24, 2.45) is 5.73 Å². The number of nitrogens with zero attached hydrogens (tertiary/aromatic N) is 4. The summed E-state index contributed by atoms with van der Waals surface area (Å²) >= 11 is 0. The zero-order valence-corrected chi connectivity index (χ0v) is 18.2. The summed E-state index contributed by atoms with van der Waals surface area (Å²) in [7, 11) is 0. The smallest absolute Gasteiger partial charge is 0.383 e. The summed E-state index contributed by atoms with van der Waals surface area (Å²) in [6.45, 7) is 2.47. The van der Waals surface area contributed by atoms with Gasteiger partial charge in [0.25, 0.3) is 0 Å². The molecule has 1 aromatic heterocycles. The minimum atomic E-state index is -4.76. The van der Waals surface area contributed by atoms with E-state index in [4.69, 9.17) is 10.5 Å². The van der Waals surface area contributed by atoms with Gasteiger partial charge in [0.2, 0.25) is 0 Å². The number of halogens is 3. The van der Waals surface area contributed by atoms with Gasteiger partial charge in [-0.2, -0.15) is 23.5 Å². The first kappa shape index (κ1) is 22.0. The minimum absolute atomic E-state index is 0.0229. The summed E-state index contributed by atoms with van der Waals surface area (Å²) in [5.41, 5.74) is 5.40. The predicted molar refractivity (Wildman–Crippen MR) is 122 cm³/mol. The molecule has 1 fully saturated rings. The van der Waals surface area contributed by atoms with Gasteiger partial charge in [0.1, 0.15) is 11.2 Å². The summed E-state index contributed by atoms with van der Waals surface area (Å²) in [4.78, 5) is 2.06. The van der Waals surface area contributed by atoms with Gasteiger partial charge in [-0.1, -0.05) is 42.5 Å². The summed E-state index contributed by atoms with van der Waals surface area (Å²) in [6.07, 6.45) is -5.23. The largest absolute Gasteiger partial charge is 0.403 e. The van der Waals surface area contributed by atoms with E-state index in [-0.39, 0.29) is 11.4 Å². The van der Waals surface area contributed by atoms with Crippen molar-refractivity contribution in [2.45, 2.75) is 18.0 Å². The van der Waals surface area contributed by atoms with Crippen molar-refractivity contribution >= 4 is 11.5 Å². The predicted octanol–water partition coefficient (Wildman–Crippen LogP) is 4.09. The van der Waals surface area contributed by atoms with Crippen molar-refractivity contribution in [3.8, 4) is 17.3 Å². The molecule has 3 aromatic rings. The van der Waals surface area contributed by atoms with Crippen molar-refractivity contribution in [1.29, 1.82) is 5.26 Å². The van der Waals surface area contributed by atoms with E-state index >= 15 is 0 Å². The van der Waals surface area contributed by atoms with E-state index < -0.39 is 23.6 Å². The standard InChI is InChI=1S/C25H22F3N5O/c26-25(27,28)24(18-6-8-19(9-7-18)32-10-12-34-13-11-32)15-20-14-22(17-4-2-1-3-5-17)31-33(20)23(30)21(24)16-29/h1-9,14H,10-13,15,30H2. The maximum atomic E-state index is 14.9. The molecule has 174 valence electrons. The van der Waals surface area contributed by atoms with Crippen molar-refractivity contribution in [3.63, 3.8) is 0 Å². The minimum Gasteiger partial charge on any atom is -0.383 e. The number of fused-ring (bicyclic) bond motifs is 1.